The number of carbonyl (C=O) groups is 1. The van der Waals surface area contributed by atoms with E-state index in [1.165, 1.54) is 0 Å². The van der Waals surface area contributed by atoms with Crippen LogP contribution in [0.5, 0.6) is 0 Å². The molecule has 0 radical (unpaired) electrons. The first-order valence-electron chi connectivity index (χ1n) is 5.89. The number of aromatic carboxylic acids is 1. The number of para-hydroxylation sites is 1. The van der Waals surface area contributed by atoms with Gasteiger partial charge in [0.15, 0.2) is 0 Å². The second-order valence-electron chi connectivity index (χ2n) is 4.25. The Morgan fingerprint density at radius 2 is 2.10 bits per heavy atom. The fourth-order valence-electron chi connectivity index (χ4n) is 1.89. The maximum absolute atomic E-state index is 11.1. The molecule has 2 heterocycles. The number of rotatable bonds is 3. The number of hydrogen-bond donors (Lipinski definition) is 2. The van der Waals surface area contributed by atoms with Gasteiger partial charge in [-0.3, -0.25) is 4.68 Å². The van der Waals surface area contributed by atoms with Crippen molar-refractivity contribution < 1.29 is 9.90 Å². The highest BCUT2D eigenvalue weighted by molar-refractivity contribution is 5.94. The molecule has 0 aliphatic heterocycles. The van der Waals surface area contributed by atoms with Crippen LogP contribution in [-0.2, 0) is 7.05 Å². The van der Waals surface area contributed by atoms with E-state index in [4.69, 9.17) is 5.11 Å². The fraction of sp³-hybridized carbons (Fsp3) is 0.0769. The summed E-state index contributed by atoms with van der Waals surface area (Å²) >= 11 is 0. The van der Waals surface area contributed by atoms with Crippen LogP contribution in [0.25, 0.3) is 10.9 Å². The molecule has 7 heteroatoms. The third-order valence-corrected chi connectivity index (χ3v) is 2.76. The van der Waals surface area contributed by atoms with Crippen LogP contribution in [0.1, 0.15) is 10.6 Å². The molecule has 0 unspecified atom stereocenters. The van der Waals surface area contributed by atoms with E-state index in [9.17, 15) is 4.79 Å². The average Bonchev–Trinajstić information content (AvgIpc) is 2.84. The Morgan fingerprint density at radius 1 is 1.30 bits per heavy atom. The third-order valence-electron chi connectivity index (χ3n) is 2.76. The lowest BCUT2D eigenvalue weighted by Crippen LogP contribution is -2.07. The van der Waals surface area contributed by atoms with E-state index in [0.29, 0.717) is 11.3 Å². The topological polar surface area (TPSA) is 92.9 Å². The minimum absolute atomic E-state index is 0.241. The first-order chi connectivity index (χ1) is 9.63. The molecule has 0 bridgehead atoms. The highest BCUT2D eigenvalue weighted by atomic mass is 16.4. The Hall–Kier alpha value is -2.96. The third kappa shape index (κ3) is 2.16. The van der Waals surface area contributed by atoms with Crippen LogP contribution in [0, 0.1) is 0 Å². The van der Waals surface area contributed by atoms with Gasteiger partial charge in [-0.2, -0.15) is 5.10 Å². The van der Waals surface area contributed by atoms with E-state index in [-0.39, 0.29) is 5.82 Å². The van der Waals surface area contributed by atoms with Gasteiger partial charge in [-0.25, -0.2) is 14.8 Å². The maximum atomic E-state index is 11.1. The highest BCUT2D eigenvalue weighted by Gasteiger charge is 2.13. The number of benzene rings is 1. The molecule has 0 aliphatic rings. The lowest BCUT2D eigenvalue weighted by Gasteiger charge is -2.07. The number of nitrogens with one attached hydrogen (secondary N) is 1. The summed E-state index contributed by atoms with van der Waals surface area (Å²) in [7, 11) is 1.80. The zero-order valence-electron chi connectivity index (χ0n) is 10.6. The summed E-state index contributed by atoms with van der Waals surface area (Å²) in [6, 6.07) is 7.23. The molecule has 0 saturated heterocycles. The van der Waals surface area contributed by atoms with E-state index < -0.39 is 5.97 Å². The maximum Gasteiger partial charge on any atom is 0.374 e. The SMILES string of the molecule is Cn1cc(Nc2nc(C(=O)O)nc3ccccc23)cn1. The lowest BCUT2D eigenvalue weighted by molar-refractivity contribution is 0.0684. The molecule has 0 amide bonds. The van der Waals surface area contributed by atoms with Crippen molar-refractivity contribution in [3.63, 3.8) is 0 Å². The molecule has 1 aromatic carbocycles. The molecule has 0 spiro atoms. The summed E-state index contributed by atoms with van der Waals surface area (Å²) < 4.78 is 1.64. The molecule has 0 saturated carbocycles. The van der Waals surface area contributed by atoms with Gasteiger partial charge in [-0.1, -0.05) is 12.1 Å². The molecule has 20 heavy (non-hydrogen) atoms. The summed E-state index contributed by atoms with van der Waals surface area (Å²) in [6.45, 7) is 0. The number of hydrogen-bond acceptors (Lipinski definition) is 5. The van der Waals surface area contributed by atoms with Crippen molar-refractivity contribution in [2.45, 2.75) is 0 Å². The van der Waals surface area contributed by atoms with Crippen LogP contribution in [0.3, 0.4) is 0 Å². The van der Waals surface area contributed by atoms with Crippen LogP contribution in [-0.4, -0.2) is 30.8 Å². The van der Waals surface area contributed by atoms with Gasteiger partial charge in [0.25, 0.3) is 0 Å². The molecule has 100 valence electrons. The van der Waals surface area contributed by atoms with Gasteiger partial charge in [0.2, 0.25) is 5.82 Å². The minimum Gasteiger partial charge on any atom is -0.475 e. The van der Waals surface area contributed by atoms with Crippen molar-refractivity contribution in [3.8, 4) is 0 Å². The number of carboxylic acids is 1. The zero-order valence-corrected chi connectivity index (χ0v) is 10.6. The van der Waals surface area contributed by atoms with E-state index in [1.54, 1.807) is 36.3 Å². The fourth-order valence-corrected chi connectivity index (χ4v) is 1.89. The van der Waals surface area contributed by atoms with Crippen molar-refractivity contribution in [3.05, 3.63) is 42.5 Å². The van der Waals surface area contributed by atoms with Crippen molar-refractivity contribution in [1.82, 2.24) is 19.7 Å². The smallest absolute Gasteiger partial charge is 0.374 e. The Morgan fingerprint density at radius 3 is 2.80 bits per heavy atom. The van der Waals surface area contributed by atoms with E-state index in [1.807, 2.05) is 12.1 Å². The van der Waals surface area contributed by atoms with Crippen LogP contribution >= 0.6 is 0 Å². The minimum atomic E-state index is -1.16. The zero-order chi connectivity index (χ0) is 14.1. The molecule has 0 aliphatic carbocycles. The van der Waals surface area contributed by atoms with Crippen LogP contribution in [0.4, 0.5) is 11.5 Å². The van der Waals surface area contributed by atoms with Gasteiger partial charge < -0.3 is 10.4 Å². The second-order valence-corrected chi connectivity index (χ2v) is 4.25. The number of fused-ring (bicyclic) bond motifs is 1. The lowest BCUT2D eigenvalue weighted by atomic mass is 10.2. The van der Waals surface area contributed by atoms with Crippen molar-refractivity contribution in [2.75, 3.05) is 5.32 Å². The van der Waals surface area contributed by atoms with Gasteiger partial charge in [-0.05, 0) is 12.1 Å². The monoisotopic (exact) mass is 269 g/mol. The first-order valence-corrected chi connectivity index (χ1v) is 5.89. The molecule has 2 N–H and O–H groups in total. The van der Waals surface area contributed by atoms with Gasteiger partial charge in [0, 0.05) is 18.6 Å². The van der Waals surface area contributed by atoms with Gasteiger partial charge >= 0.3 is 5.97 Å². The Balaban J connectivity index is 2.14. The quantitative estimate of drug-likeness (QED) is 0.753. The molecular weight excluding hydrogens is 258 g/mol. The van der Waals surface area contributed by atoms with Crippen molar-refractivity contribution in [2.24, 2.45) is 7.05 Å². The van der Waals surface area contributed by atoms with E-state index >= 15 is 0 Å². The van der Waals surface area contributed by atoms with E-state index in [2.05, 4.69) is 20.4 Å². The number of aryl methyl sites for hydroxylation is 1. The predicted octanol–water partition coefficient (Wildman–Crippen LogP) is 1.81. The van der Waals surface area contributed by atoms with Crippen LogP contribution < -0.4 is 5.32 Å². The average molecular weight is 269 g/mol. The molecular formula is C13H11N5O2. The number of carboxylic acid groups (broad SMARTS) is 1. The Kier molecular flexibility index (Phi) is 2.79. The van der Waals surface area contributed by atoms with E-state index in [0.717, 1.165) is 11.1 Å². The van der Waals surface area contributed by atoms with Crippen molar-refractivity contribution in [1.29, 1.82) is 0 Å². The number of anilines is 2. The Labute approximate surface area is 113 Å². The summed E-state index contributed by atoms with van der Waals surface area (Å²) in [6.07, 6.45) is 3.41. The van der Waals surface area contributed by atoms with Gasteiger partial charge in [0.05, 0.1) is 17.4 Å². The molecule has 0 fully saturated rings. The highest BCUT2D eigenvalue weighted by Crippen LogP contribution is 2.23. The summed E-state index contributed by atoms with van der Waals surface area (Å²) in [5, 5.41) is 16.9. The summed E-state index contributed by atoms with van der Waals surface area (Å²) in [5.74, 6) is -0.957. The number of nitrogens with zero attached hydrogens (tertiary/aromatic N) is 4. The van der Waals surface area contributed by atoms with Crippen LogP contribution in [0.2, 0.25) is 0 Å². The molecule has 2 aromatic heterocycles. The molecule has 3 aromatic rings. The number of aromatic nitrogens is 4. The van der Waals surface area contributed by atoms with Gasteiger partial charge in [-0.15, -0.1) is 0 Å². The molecule has 3 rings (SSSR count). The summed E-state index contributed by atoms with van der Waals surface area (Å²) in [5.41, 5.74) is 1.30. The molecule has 0 atom stereocenters. The van der Waals surface area contributed by atoms with Crippen LogP contribution in [0.15, 0.2) is 36.7 Å². The van der Waals surface area contributed by atoms with Crippen molar-refractivity contribution >= 4 is 28.4 Å². The predicted molar refractivity (Wildman–Crippen MR) is 73.0 cm³/mol. The Bertz CT molecular complexity index is 796. The normalized spacial score (nSPS) is 10.7. The second kappa shape index (κ2) is 4.61. The first kappa shape index (κ1) is 12.1. The molecule has 7 nitrogen and oxygen atoms in total. The summed E-state index contributed by atoms with van der Waals surface area (Å²) in [4.78, 5) is 19.1. The van der Waals surface area contributed by atoms with Gasteiger partial charge in [0.1, 0.15) is 5.82 Å². The standard InChI is InChI=1S/C13H11N5O2/c1-18-7-8(6-14-18)15-11-9-4-2-3-5-10(9)16-12(17-11)13(19)20/h2-7H,1H3,(H,19,20)(H,15,16,17). The largest absolute Gasteiger partial charge is 0.475 e.